The zero-order valence-electron chi connectivity index (χ0n) is 7.66. The van der Waals surface area contributed by atoms with Crippen LogP contribution in [0.5, 0.6) is 5.75 Å². The van der Waals surface area contributed by atoms with Crippen molar-refractivity contribution >= 4 is 5.97 Å². The smallest absolute Gasteiger partial charge is 0.310 e. The Morgan fingerprint density at radius 1 is 1.71 bits per heavy atom. The number of rotatable bonds is 3. The van der Waals surface area contributed by atoms with Gasteiger partial charge in [0.25, 0.3) is 5.95 Å². The Morgan fingerprint density at radius 2 is 2.43 bits per heavy atom. The molecule has 0 aromatic carbocycles. The van der Waals surface area contributed by atoms with E-state index >= 15 is 0 Å². The highest BCUT2D eigenvalue weighted by Crippen LogP contribution is 2.19. The highest BCUT2D eigenvalue weighted by molar-refractivity contribution is 5.73. The molecule has 1 aromatic rings. The van der Waals surface area contributed by atoms with Crippen LogP contribution in [0.15, 0.2) is 12.3 Å². The van der Waals surface area contributed by atoms with Crippen LogP contribution in [0.4, 0.5) is 4.39 Å². The maximum atomic E-state index is 12.7. The predicted octanol–water partition coefficient (Wildman–Crippen LogP) is 1.03. The fraction of sp³-hybridized carbons (Fsp3) is 0.333. The van der Waals surface area contributed by atoms with E-state index in [-0.39, 0.29) is 18.6 Å². The lowest BCUT2D eigenvalue weighted by atomic mass is 10.2. The van der Waals surface area contributed by atoms with Crippen LogP contribution in [0.3, 0.4) is 0 Å². The van der Waals surface area contributed by atoms with Gasteiger partial charge in [-0.3, -0.25) is 4.79 Å². The van der Waals surface area contributed by atoms with Gasteiger partial charge in [0.1, 0.15) is 0 Å². The average Bonchev–Trinajstić information content (AvgIpc) is 2.13. The molecule has 1 N–H and O–H groups in total. The van der Waals surface area contributed by atoms with Gasteiger partial charge in [0.05, 0.1) is 13.0 Å². The second-order valence-corrected chi connectivity index (χ2v) is 2.59. The summed E-state index contributed by atoms with van der Waals surface area (Å²) < 4.78 is 17.3. The van der Waals surface area contributed by atoms with Gasteiger partial charge in [0.15, 0.2) is 5.75 Å². The number of aromatic hydroxyl groups is 1. The van der Waals surface area contributed by atoms with Gasteiger partial charge in [-0.25, -0.2) is 4.98 Å². The summed E-state index contributed by atoms with van der Waals surface area (Å²) >= 11 is 0. The maximum absolute atomic E-state index is 12.7. The number of carbonyl (C=O) groups excluding carboxylic acids is 1. The van der Waals surface area contributed by atoms with E-state index in [4.69, 9.17) is 5.11 Å². The lowest BCUT2D eigenvalue weighted by Crippen LogP contribution is -2.08. The molecule has 0 aliphatic carbocycles. The molecule has 0 saturated carbocycles. The van der Waals surface area contributed by atoms with Crippen molar-refractivity contribution in [2.24, 2.45) is 0 Å². The minimum atomic E-state index is -0.980. The number of nitrogens with zero attached hydrogens (tertiary/aromatic N) is 1. The topological polar surface area (TPSA) is 59.4 Å². The minimum absolute atomic E-state index is 0.154. The largest absolute Gasteiger partial charge is 0.503 e. The standard InChI is InChI=1S/C9H10FNO3/c1-2-14-7(12)5-6-3-4-11-9(10)8(6)13/h3-4,13H,2,5H2,1H3. The molecule has 1 heterocycles. The molecule has 0 fully saturated rings. The first-order valence-corrected chi connectivity index (χ1v) is 4.13. The van der Waals surface area contributed by atoms with Gasteiger partial charge < -0.3 is 9.84 Å². The van der Waals surface area contributed by atoms with Gasteiger partial charge in [-0.15, -0.1) is 0 Å². The number of hydrogen-bond donors (Lipinski definition) is 1. The summed E-state index contributed by atoms with van der Waals surface area (Å²) in [5.41, 5.74) is 0.177. The summed E-state index contributed by atoms with van der Waals surface area (Å²) in [6.07, 6.45) is 1.03. The predicted molar refractivity (Wildman–Crippen MR) is 46.2 cm³/mol. The number of aromatic nitrogens is 1. The third-order valence-electron chi connectivity index (χ3n) is 1.60. The highest BCUT2D eigenvalue weighted by Gasteiger charge is 2.11. The Labute approximate surface area is 80.3 Å². The first-order valence-electron chi connectivity index (χ1n) is 4.13. The quantitative estimate of drug-likeness (QED) is 0.583. The highest BCUT2D eigenvalue weighted by atomic mass is 19.1. The van der Waals surface area contributed by atoms with Crippen molar-refractivity contribution in [3.8, 4) is 5.75 Å². The lowest BCUT2D eigenvalue weighted by Gasteiger charge is -2.03. The molecule has 0 aliphatic heterocycles. The SMILES string of the molecule is CCOC(=O)Cc1ccnc(F)c1O. The lowest BCUT2D eigenvalue weighted by molar-refractivity contribution is -0.142. The molecule has 5 heteroatoms. The Balaban J connectivity index is 2.76. The summed E-state index contributed by atoms with van der Waals surface area (Å²) in [5, 5.41) is 9.17. The monoisotopic (exact) mass is 199 g/mol. The fourth-order valence-electron chi connectivity index (χ4n) is 0.975. The van der Waals surface area contributed by atoms with Crippen LogP contribution in [0.1, 0.15) is 12.5 Å². The van der Waals surface area contributed by atoms with E-state index in [0.717, 1.165) is 0 Å². The summed E-state index contributed by atoms with van der Waals surface area (Å²) in [7, 11) is 0. The van der Waals surface area contributed by atoms with Crippen molar-refractivity contribution in [1.29, 1.82) is 0 Å². The number of pyridine rings is 1. The molecule has 1 rings (SSSR count). The molecule has 4 nitrogen and oxygen atoms in total. The first kappa shape index (κ1) is 10.4. The number of carbonyl (C=O) groups is 1. The molecule has 0 unspecified atom stereocenters. The minimum Gasteiger partial charge on any atom is -0.503 e. The fourth-order valence-corrected chi connectivity index (χ4v) is 0.975. The maximum Gasteiger partial charge on any atom is 0.310 e. The molecule has 0 bridgehead atoms. The van der Waals surface area contributed by atoms with E-state index in [1.807, 2.05) is 0 Å². The van der Waals surface area contributed by atoms with E-state index in [0.29, 0.717) is 0 Å². The van der Waals surface area contributed by atoms with Crippen LogP contribution in [-0.4, -0.2) is 22.7 Å². The molecule has 0 radical (unpaired) electrons. The molecule has 0 spiro atoms. The van der Waals surface area contributed by atoms with E-state index in [9.17, 15) is 9.18 Å². The van der Waals surface area contributed by atoms with Crippen molar-refractivity contribution in [2.75, 3.05) is 6.61 Å². The van der Waals surface area contributed by atoms with E-state index in [1.165, 1.54) is 12.3 Å². The van der Waals surface area contributed by atoms with Gasteiger partial charge >= 0.3 is 5.97 Å². The molecule has 76 valence electrons. The van der Waals surface area contributed by atoms with E-state index < -0.39 is 17.7 Å². The van der Waals surface area contributed by atoms with Crippen LogP contribution < -0.4 is 0 Å². The third-order valence-corrected chi connectivity index (χ3v) is 1.60. The van der Waals surface area contributed by atoms with Gasteiger partial charge in [0, 0.05) is 11.8 Å². The van der Waals surface area contributed by atoms with Crippen LogP contribution in [0.25, 0.3) is 0 Å². The van der Waals surface area contributed by atoms with Crippen molar-refractivity contribution < 1.29 is 19.0 Å². The molecular weight excluding hydrogens is 189 g/mol. The van der Waals surface area contributed by atoms with Crippen molar-refractivity contribution in [2.45, 2.75) is 13.3 Å². The Kier molecular flexibility index (Phi) is 3.39. The molecule has 1 aromatic heterocycles. The van der Waals surface area contributed by atoms with Crippen molar-refractivity contribution in [1.82, 2.24) is 4.98 Å². The van der Waals surface area contributed by atoms with Crippen LogP contribution in [0.2, 0.25) is 0 Å². The molecule has 0 amide bonds. The summed E-state index contributed by atoms with van der Waals surface area (Å²) in [6.45, 7) is 1.93. The van der Waals surface area contributed by atoms with Crippen molar-refractivity contribution in [3.63, 3.8) is 0 Å². The summed E-state index contributed by atoms with van der Waals surface area (Å²) in [6, 6.07) is 1.37. The molecule has 14 heavy (non-hydrogen) atoms. The normalized spacial score (nSPS) is 9.86. The average molecular weight is 199 g/mol. The zero-order chi connectivity index (χ0) is 10.6. The van der Waals surface area contributed by atoms with Crippen LogP contribution in [0, 0.1) is 5.95 Å². The first-order chi connectivity index (χ1) is 6.65. The Hall–Kier alpha value is -1.65. The van der Waals surface area contributed by atoms with Gasteiger partial charge in [-0.05, 0) is 13.0 Å². The zero-order valence-corrected chi connectivity index (χ0v) is 7.66. The van der Waals surface area contributed by atoms with Crippen molar-refractivity contribution in [3.05, 3.63) is 23.8 Å². The number of halogens is 1. The third kappa shape index (κ3) is 2.42. The number of hydrogen-bond acceptors (Lipinski definition) is 4. The number of esters is 1. The summed E-state index contributed by atoms with van der Waals surface area (Å²) in [4.78, 5) is 14.2. The second kappa shape index (κ2) is 4.55. The summed E-state index contributed by atoms with van der Waals surface area (Å²) in [5.74, 6) is -2.08. The molecule has 0 aliphatic rings. The van der Waals surface area contributed by atoms with Crippen LogP contribution >= 0.6 is 0 Å². The van der Waals surface area contributed by atoms with Crippen LogP contribution in [-0.2, 0) is 16.0 Å². The van der Waals surface area contributed by atoms with E-state index in [2.05, 4.69) is 9.72 Å². The van der Waals surface area contributed by atoms with Gasteiger partial charge in [0.2, 0.25) is 0 Å². The Morgan fingerprint density at radius 3 is 3.07 bits per heavy atom. The second-order valence-electron chi connectivity index (χ2n) is 2.59. The Bertz CT molecular complexity index is 341. The molecule has 0 atom stereocenters. The van der Waals surface area contributed by atoms with Gasteiger partial charge in [-0.1, -0.05) is 0 Å². The van der Waals surface area contributed by atoms with E-state index in [1.54, 1.807) is 6.92 Å². The molecular formula is C9H10FNO3. The number of ether oxygens (including phenoxy) is 1. The molecule has 0 saturated heterocycles. The van der Waals surface area contributed by atoms with Gasteiger partial charge in [-0.2, -0.15) is 4.39 Å².